The fourth-order valence-corrected chi connectivity index (χ4v) is 11.3. The minimum atomic E-state index is -2.76. The van der Waals surface area contributed by atoms with E-state index < -0.39 is 42.8 Å². The summed E-state index contributed by atoms with van der Waals surface area (Å²) >= 11 is 0. The summed E-state index contributed by atoms with van der Waals surface area (Å²) in [6, 6.07) is 10.4. The van der Waals surface area contributed by atoms with E-state index in [4.69, 9.17) is 9.72 Å². The summed E-state index contributed by atoms with van der Waals surface area (Å²) in [6.07, 6.45) is 9.13. The molecule has 14 nitrogen and oxygen atoms in total. The van der Waals surface area contributed by atoms with Crippen LogP contribution in [0.2, 0.25) is 0 Å². The minimum Gasteiger partial charge on any atom is -0.492 e. The number of amides is 2. The minimum absolute atomic E-state index is 0.0989. The summed E-state index contributed by atoms with van der Waals surface area (Å²) in [5, 5.41) is 10.5. The molecule has 3 N–H and O–H groups in total. The Hall–Kier alpha value is -5.31. The highest BCUT2D eigenvalue weighted by molar-refractivity contribution is 7.71. The normalized spacial score (nSPS) is 21.5. The van der Waals surface area contributed by atoms with E-state index in [1.54, 1.807) is 31.8 Å². The van der Waals surface area contributed by atoms with Gasteiger partial charge in [-0.25, -0.2) is 23.7 Å². The molecule has 3 saturated heterocycles. The zero-order valence-electron chi connectivity index (χ0n) is 38.1. The fourth-order valence-electron chi connectivity index (χ4n) is 9.81. The lowest BCUT2D eigenvalue weighted by Gasteiger charge is -2.43. The second kappa shape index (κ2) is 20.1. The van der Waals surface area contributed by atoms with Gasteiger partial charge in [0, 0.05) is 99.5 Å². The molecule has 0 saturated carbocycles. The van der Waals surface area contributed by atoms with Crippen LogP contribution < -0.4 is 30.9 Å². The largest absolute Gasteiger partial charge is 0.492 e. The third-order valence-electron chi connectivity index (χ3n) is 13.2. The van der Waals surface area contributed by atoms with Gasteiger partial charge in [-0.3, -0.25) is 19.8 Å². The Bertz CT molecular complexity index is 2520. The van der Waals surface area contributed by atoms with Gasteiger partial charge in [-0.1, -0.05) is 13.8 Å². The number of rotatable bonds is 15. The average Bonchev–Trinajstić information content (AvgIpc) is 3.29. The number of benzene rings is 2. The lowest BCUT2D eigenvalue weighted by molar-refractivity contribution is -0.138. The molecule has 3 fully saturated rings. The van der Waals surface area contributed by atoms with Crippen molar-refractivity contribution in [2.24, 2.45) is 11.8 Å². The molecule has 5 heterocycles. The predicted octanol–water partition coefficient (Wildman–Crippen LogP) is 7.46. The van der Waals surface area contributed by atoms with Crippen LogP contribution in [0.5, 0.6) is 5.75 Å². The van der Waals surface area contributed by atoms with E-state index in [9.17, 15) is 14.2 Å². The first-order chi connectivity index (χ1) is 31.3. The number of carbonyl (C=O) groups excluding carboxylic acids is 2. The number of halogens is 2. The molecular formula is C48H61F2N10O4P. The summed E-state index contributed by atoms with van der Waals surface area (Å²) in [7, 11) is -2.76. The number of nitrogens with zero attached hydrogens (tertiary/aromatic N) is 7. The van der Waals surface area contributed by atoms with Gasteiger partial charge < -0.3 is 29.7 Å². The number of ether oxygens (including phenoxy) is 1. The Morgan fingerprint density at radius 1 is 0.923 bits per heavy atom. The van der Waals surface area contributed by atoms with Gasteiger partial charge in [0.25, 0.3) is 0 Å². The number of allylic oxidation sites excluding steroid dienone is 3. The van der Waals surface area contributed by atoms with E-state index in [0.29, 0.717) is 60.4 Å². The Morgan fingerprint density at radius 2 is 1.71 bits per heavy atom. The molecular weight excluding hydrogens is 850 g/mol. The quantitative estimate of drug-likeness (QED) is 0.0799. The van der Waals surface area contributed by atoms with E-state index in [1.807, 2.05) is 26.0 Å². The van der Waals surface area contributed by atoms with Crippen LogP contribution in [0.4, 0.5) is 37.6 Å². The average molecular weight is 911 g/mol. The van der Waals surface area contributed by atoms with Gasteiger partial charge in [0.15, 0.2) is 0 Å². The first-order valence-electron chi connectivity index (χ1n) is 23.1. The van der Waals surface area contributed by atoms with Crippen LogP contribution in [-0.2, 0) is 27.0 Å². The van der Waals surface area contributed by atoms with Crippen molar-refractivity contribution < 1.29 is 27.7 Å². The molecule has 0 bridgehead atoms. The van der Waals surface area contributed by atoms with Crippen molar-refractivity contribution in [3.8, 4) is 5.75 Å². The fraction of sp³-hybridized carbons (Fsp3) is 0.500. The van der Waals surface area contributed by atoms with E-state index in [0.717, 1.165) is 86.7 Å². The van der Waals surface area contributed by atoms with Crippen molar-refractivity contribution in [2.45, 2.75) is 77.9 Å². The maximum absolute atomic E-state index is 15.2. The van der Waals surface area contributed by atoms with Gasteiger partial charge in [-0.15, -0.1) is 0 Å². The van der Waals surface area contributed by atoms with E-state index in [1.165, 1.54) is 23.4 Å². The highest BCUT2D eigenvalue weighted by Gasteiger charge is 2.41. The van der Waals surface area contributed by atoms with Crippen LogP contribution in [0.15, 0.2) is 66.3 Å². The van der Waals surface area contributed by atoms with E-state index in [2.05, 4.69) is 64.7 Å². The molecule has 0 spiro atoms. The molecule has 2 aromatic carbocycles. The number of piperidine rings is 2. The lowest BCUT2D eigenvalue weighted by atomic mass is 9.78. The maximum Gasteiger partial charge on any atom is 0.230 e. The molecule has 346 valence electrons. The second-order valence-electron chi connectivity index (χ2n) is 17.8. The van der Waals surface area contributed by atoms with Gasteiger partial charge in [0.05, 0.1) is 35.3 Å². The highest BCUT2D eigenvalue weighted by Crippen LogP contribution is 2.42. The van der Waals surface area contributed by atoms with Crippen LogP contribution in [0.3, 0.4) is 0 Å². The third-order valence-corrected chi connectivity index (χ3v) is 14.7. The molecule has 65 heavy (non-hydrogen) atoms. The number of piperazine rings is 1. The molecule has 3 aliphatic heterocycles. The van der Waals surface area contributed by atoms with Crippen molar-refractivity contribution in [3.05, 3.63) is 77.7 Å². The Balaban J connectivity index is 0.864. The van der Waals surface area contributed by atoms with Gasteiger partial charge in [-0.05, 0) is 99.9 Å². The number of nitrogens with one attached hydrogen (secondary N) is 3. The summed E-state index contributed by atoms with van der Waals surface area (Å²) < 4.78 is 50.3. The van der Waals surface area contributed by atoms with Crippen molar-refractivity contribution in [1.82, 2.24) is 35.1 Å². The second-order valence-corrected chi connectivity index (χ2v) is 21.0. The standard InChI is InChI=1S/C48H61F2N10O4P/c1-6-31-27-39(55-48-51-17-13-43(56-48)54-38-11-10-37-34(46(38)65(4,5)63)29-52-42(7-2)53-37)41(64-8-3)28-40(31)60-19-15-32(16-20-60)59-23-21-58(22-24-59)18-14-30-25-35(49)45(36(50)26-30)33-9-12-44(61)57-47(33)62/h10-11,13,17,25-29,32-33,35,45H,6-9,12,14-16,18-24H2,1-5H3,(H,57,61,62)(H2,51,54,55,56)/t33-,35?,45?/m1/s1. The zero-order valence-corrected chi connectivity index (χ0v) is 39.0. The third kappa shape index (κ3) is 10.6. The predicted molar refractivity (Wildman–Crippen MR) is 253 cm³/mol. The molecule has 2 amide bonds. The summed E-state index contributed by atoms with van der Waals surface area (Å²) in [5.41, 5.74) is 5.21. The van der Waals surface area contributed by atoms with Crippen molar-refractivity contribution in [2.75, 3.05) is 81.3 Å². The van der Waals surface area contributed by atoms with Crippen molar-refractivity contribution in [3.63, 3.8) is 0 Å². The van der Waals surface area contributed by atoms with Gasteiger partial charge >= 0.3 is 0 Å². The number of aromatic nitrogens is 4. The van der Waals surface area contributed by atoms with E-state index >= 15 is 8.78 Å². The molecule has 4 aromatic rings. The number of hydrogen-bond donors (Lipinski definition) is 3. The SMILES string of the molecule is CCOc1cc(N2CCC(N3CCN(CCC4=CC(F)C([C@H]5CCC(=O)NC5=O)C(F)=C4)CC3)CC2)c(CC)cc1Nc1nccc(Nc2ccc3nc(CC)ncc3c2P(C)(C)=O)n1. The van der Waals surface area contributed by atoms with Gasteiger partial charge in [0.2, 0.25) is 17.8 Å². The molecule has 0 radical (unpaired) electrons. The summed E-state index contributed by atoms with van der Waals surface area (Å²) in [5.74, 6) is -1.24. The highest BCUT2D eigenvalue weighted by atomic mass is 31.2. The van der Waals surface area contributed by atoms with Crippen LogP contribution in [0, 0.1) is 11.8 Å². The van der Waals surface area contributed by atoms with Crippen LogP contribution in [-0.4, -0.2) is 120 Å². The monoisotopic (exact) mass is 910 g/mol. The van der Waals surface area contributed by atoms with Crippen LogP contribution in [0.1, 0.15) is 64.3 Å². The molecule has 2 aromatic heterocycles. The Kier molecular flexibility index (Phi) is 14.3. The summed E-state index contributed by atoms with van der Waals surface area (Å²) in [4.78, 5) is 49.8. The molecule has 17 heteroatoms. The molecule has 2 unspecified atom stereocenters. The Morgan fingerprint density at radius 3 is 2.40 bits per heavy atom. The molecule has 1 aliphatic carbocycles. The first kappa shape index (κ1) is 46.2. The molecule has 3 atom stereocenters. The van der Waals surface area contributed by atoms with Crippen LogP contribution in [0.25, 0.3) is 10.9 Å². The number of imide groups is 1. The van der Waals surface area contributed by atoms with Gasteiger partial charge in [0.1, 0.15) is 36.5 Å². The number of fused-ring (bicyclic) bond motifs is 1. The maximum atomic E-state index is 15.2. The van der Waals surface area contributed by atoms with Crippen molar-refractivity contribution in [1.29, 1.82) is 0 Å². The number of alkyl halides is 1. The Labute approximate surface area is 380 Å². The lowest BCUT2D eigenvalue weighted by Crippen LogP contribution is -2.53. The number of aryl methyl sites for hydroxylation is 2. The van der Waals surface area contributed by atoms with Gasteiger partial charge in [-0.2, -0.15) is 4.98 Å². The summed E-state index contributed by atoms with van der Waals surface area (Å²) in [6.45, 7) is 16.4. The number of hydrogen-bond acceptors (Lipinski definition) is 13. The molecule has 4 aliphatic rings. The number of carbonyl (C=O) groups is 2. The van der Waals surface area contributed by atoms with Crippen molar-refractivity contribution >= 4 is 64.0 Å². The topological polar surface area (TPSA) is 158 Å². The zero-order chi connectivity index (χ0) is 45.8. The smallest absolute Gasteiger partial charge is 0.230 e. The number of anilines is 5. The van der Waals surface area contributed by atoms with Crippen LogP contribution >= 0.6 is 7.14 Å². The molecule has 8 rings (SSSR count). The van der Waals surface area contributed by atoms with E-state index in [-0.39, 0.29) is 12.8 Å². The first-order valence-corrected chi connectivity index (χ1v) is 25.7.